The molecule has 0 radical (unpaired) electrons. The topological polar surface area (TPSA) is 63.8 Å². The molecule has 0 spiro atoms. The molecule has 19 heavy (non-hydrogen) atoms. The molecule has 0 saturated heterocycles. The normalized spacial score (nSPS) is 10.4. The van der Waals surface area contributed by atoms with E-state index in [9.17, 15) is 4.39 Å². The Morgan fingerprint density at radius 3 is 2.63 bits per heavy atom. The van der Waals surface area contributed by atoms with Crippen molar-refractivity contribution in [3.05, 3.63) is 47.5 Å². The van der Waals surface area contributed by atoms with Crippen LogP contribution in [0.3, 0.4) is 0 Å². The minimum Gasteiger partial charge on any atom is -0.384 e. The van der Waals surface area contributed by atoms with E-state index in [-0.39, 0.29) is 5.82 Å². The second-order valence-electron chi connectivity index (χ2n) is 4.32. The first-order valence-electron chi connectivity index (χ1n) is 6.29. The summed E-state index contributed by atoms with van der Waals surface area (Å²) < 4.78 is 12.8. The lowest BCUT2D eigenvalue weighted by Gasteiger charge is -2.08. The molecule has 100 valence electrons. The molecule has 0 saturated carbocycles. The number of hydrogen-bond acceptors (Lipinski definition) is 4. The largest absolute Gasteiger partial charge is 0.384 e. The van der Waals surface area contributed by atoms with Crippen molar-refractivity contribution in [2.45, 2.75) is 26.3 Å². The van der Waals surface area contributed by atoms with E-state index in [1.54, 1.807) is 18.2 Å². The predicted molar refractivity (Wildman–Crippen MR) is 74.2 cm³/mol. The first kappa shape index (κ1) is 13.3. The van der Waals surface area contributed by atoms with E-state index in [4.69, 9.17) is 5.73 Å². The number of halogens is 1. The van der Waals surface area contributed by atoms with E-state index < -0.39 is 0 Å². The van der Waals surface area contributed by atoms with Crippen molar-refractivity contribution in [1.82, 2.24) is 9.97 Å². The number of benzene rings is 1. The number of nitrogens with two attached hydrogens (primary N) is 1. The molecule has 0 atom stereocenters. The van der Waals surface area contributed by atoms with E-state index in [0.29, 0.717) is 18.2 Å². The molecule has 2 aromatic rings. The third-order valence-corrected chi connectivity index (χ3v) is 2.65. The molecule has 4 nitrogen and oxygen atoms in total. The number of hydrogen-bond donors (Lipinski definition) is 2. The van der Waals surface area contributed by atoms with Crippen LogP contribution in [0.4, 0.5) is 16.0 Å². The van der Waals surface area contributed by atoms with Crippen LogP contribution in [0.5, 0.6) is 0 Å². The summed E-state index contributed by atoms with van der Waals surface area (Å²) in [6.07, 6.45) is 1.77. The number of aromatic nitrogens is 2. The van der Waals surface area contributed by atoms with Crippen LogP contribution < -0.4 is 11.1 Å². The highest BCUT2D eigenvalue weighted by molar-refractivity contribution is 5.45. The van der Waals surface area contributed by atoms with E-state index in [0.717, 1.165) is 24.2 Å². The number of nitrogens with one attached hydrogen (secondary N) is 1. The molecule has 0 bridgehead atoms. The molecule has 0 aliphatic carbocycles. The minimum atomic E-state index is -0.236. The number of rotatable bonds is 5. The summed E-state index contributed by atoms with van der Waals surface area (Å²) in [6, 6.07) is 8.05. The number of anilines is 2. The summed E-state index contributed by atoms with van der Waals surface area (Å²) in [7, 11) is 0. The van der Waals surface area contributed by atoms with Gasteiger partial charge >= 0.3 is 0 Å². The number of aryl methyl sites for hydroxylation is 1. The summed E-state index contributed by atoms with van der Waals surface area (Å²) in [5.74, 6) is 1.66. The zero-order chi connectivity index (χ0) is 13.7. The summed E-state index contributed by atoms with van der Waals surface area (Å²) >= 11 is 0. The molecule has 0 amide bonds. The van der Waals surface area contributed by atoms with Gasteiger partial charge in [0.25, 0.3) is 0 Å². The Morgan fingerprint density at radius 1 is 1.21 bits per heavy atom. The zero-order valence-electron chi connectivity index (χ0n) is 10.9. The van der Waals surface area contributed by atoms with Crippen LogP contribution in [-0.2, 0) is 13.0 Å². The van der Waals surface area contributed by atoms with E-state index in [1.807, 2.05) is 0 Å². The Balaban J connectivity index is 2.04. The molecule has 5 heteroatoms. The van der Waals surface area contributed by atoms with Gasteiger partial charge in [0.05, 0.1) is 0 Å². The summed E-state index contributed by atoms with van der Waals surface area (Å²) in [5, 5.41) is 3.17. The average Bonchev–Trinajstić information content (AvgIpc) is 2.38. The molecule has 1 heterocycles. The third kappa shape index (κ3) is 3.91. The van der Waals surface area contributed by atoms with Gasteiger partial charge in [-0.25, -0.2) is 14.4 Å². The van der Waals surface area contributed by atoms with E-state index >= 15 is 0 Å². The van der Waals surface area contributed by atoms with Crippen molar-refractivity contribution in [2.24, 2.45) is 0 Å². The van der Waals surface area contributed by atoms with Crippen LogP contribution in [0.2, 0.25) is 0 Å². The zero-order valence-corrected chi connectivity index (χ0v) is 10.9. The van der Waals surface area contributed by atoms with Crippen molar-refractivity contribution < 1.29 is 4.39 Å². The Kier molecular flexibility index (Phi) is 4.28. The molecule has 0 aliphatic heterocycles. The van der Waals surface area contributed by atoms with Gasteiger partial charge < -0.3 is 11.1 Å². The first-order valence-corrected chi connectivity index (χ1v) is 6.29. The fourth-order valence-electron chi connectivity index (χ4n) is 1.74. The molecule has 0 unspecified atom stereocenters. The van der Waals surface area contributed by atoms with Crippen LogP contribution >= 0.6 is 0 Å². The van der Waals surface area contributed by atoms with Crippen LogP contribution in [0, 0.1) is 5.82 Å². The molecular formula is C14H17FN4. The highest BCUT2D eigenvalue weighted by atomic mass is 19.1. The maximum Gasteiger partial charge on any atom is 0.133 e. The SMILES string of the molecule is CCCc1nc(N)cc(NCc2ccc(F)cc2)n1. The van der Waals surface area contributed by atoms with Crippen molar-refractivity contribution in [1.29, 1.82) is 0 Å². The lowest BCUT2D eigenvalue weighted by molar-refractivity contribution is 0.627. The van der Waals surface area contributed by atoms with Crippen molar-refractivity contribution >= 4 is 11.6 Å². The standard InChI is InChI=1S/C14H17FN4/c1-2-3-13-18-12(16)8-14(19-13)17-9-10-4-6-11(15)7-5-10/h4-8H,2-3,9H2,1H3,(H3,16,17,18,19). The Bertz CT molecular complexity index is 540. The predicted octanol–water partition coefficient (Wildman–Crippen LogP) is 2.76. The minimum absolute atomic E-state index is 0.236. The van der Waals surface area contributed by atoms with Crippen molar-refractivity contribution in [2.75, 3.05) is 11.1 Å². The van der Waals surface area contributed by atoms with E-state index in [1.165, 1.54) is 12.1 Å². The summed E-state index contributed by atoms with van der Waals surface area (Å²) in [4.78, 5) is 8.55. The molecule has 3 N–H and O–H groups in total. The molecule has 0 aliphatic rings. The number of nitrogens with zero attached hydrogens (tertiary/aromatic N) is 2. The van der Waals surface area contributed by atoms with E-state index in [2.05, 4.69) is 22.2 Å². The van der Waals surface area contributed by atoms with Crippen molar-refractivity contribution in [3.8, 4) is 0 Å². The summed E-state index contributed by atoms with van der Waals surface area (Å²) in [6.45, 7) is 2.64. The fraction of sp³-hybridized carbons (Fsp3) is 0.286. The molecule has 1 aromatic heterocycles. The van der Waals surface area contributed by atoms with Gasteiger partial charge in [-0.3, -0.25) is 0 Å². The highest BCUT2D eigenvalue weighted by Crippen LogP contribution is 2.11. The number of nitrogen functional groups attached to an aromatic ring is 1. The van der Waals surface area contributed by atoms with Gasteiger partial charge in [-0.1, -0.05) is 19.1 Å². The van der Waals surface area contributed by atoms with Crippen molar-refractivity contribution in [3.63, 3.8) is 0 Å². The van der Waals surface area contributed by atoms with Crippen LogP contribution in [0.25, 0.3) is 0 Å². The lowest BCUT2D eigenvalue weighted by Crippen LogP contribution is -2.06. The quantitative estimate of drug-likeness (QED) is 0.867. The molecule has 2 rings (SSSR count). The van der Waals surface area contributed by atoms with Gasteiger partial charge in [-0.05, 0) is 24.1 Å². The molecule has 1 aromatic carbocycles. The Labute approximate surface area is 111 Å². The van der Waals surface area contributed by atoms with Gasteiger partial charge in [-0.15, -0.1) is 0 Å². The molecular weight excluding hydrogens is 243 g/mol. The Morgan fingerprint density at radius 2 is 1.95 bits per heavy atom. The van der Waals surface area contributed by atoms with Gasteiger partial charge in [0.15, 0.2) is 0 Å². The average molecular weight is 260 g/mol. The van der Waals surface area contributed by atoms with Crippen LogP contribution in [0.1, 0.15) is 24.7 Å². The third-order valence-electron chi connectivity index (χ3n) is 2.65. The smallest absolute Gasteiger partial charge is 0.133 e. The second kappa shape index (κ2) is 6.13. The monoisotopic (exact) mass is 260 g/mol. The van der Waals surface area contributed by atoms with Gasteiger partial charge in [0.2, 0.25) is 0 Å². The van der Waals surface area contributed by atoms with Crippen LogP contribution in [0.15, 0.2) is 30.3 Å². The first-order chi connectivity index (χ1) is 9.17. The Hall–Kier alpha value is -2.17. The maximum absolute atomic E-state index is 12.8. The second-order valence-corrected chi connectivity index (χ2v) is 4.32. The molecule has 0 fully saturated rings. The lowest BCUT2D eigenvalue weighted by atomic mass is 10.2. The van der Waals surface area contributed by atoms with Gasteiger partial charge in [0.1, 0.15) is 23.3 Å². The summed E-state index contributed by atoms with van der Waals surface area (Å²) in [5.41, 5.74) is 6.72. The van der Waals surface area contributed by atoms with Gasteiger partial charge in [-0.2, -0.15) is 0 Å². The van der Waals surface area contributed by atoms with Crippen LogP contribution in [-0.4, -0.2) is 9.97 Å². The fourth-order valence-corrected chi connectivity index (χ4v) is 1.74. The van der Waals surface area contributed by atoms with Gasteiger partial charge in [0, 0.05) is 19.0 Å². The highest BCUT2D eigenvalue weighted by Gasteiger charge is 2.02. The maximum atomic E-state index is 12.8.